The second kappa shape index (κ2) is 7.56. The maximum atomic E-state index is 12.0. The van der Waals surface area contributed by atoms with Crippen LogP contribution in [0.3, 0.4) is 0 Å². The number of aliphatic hydroxyl groups excluding tert-OH is 1. The molecule has 5 nitrogen and oxygen atoms in total. The molecule has 116 valence electrons. The van der Waals surface area contributed by atoms with E-state index in [1.54, 1.807) is 23.4 Å². The van der Waals surface area contributed by atoms with Gasteiger partial charge >= 0.3 is 0 Å². The molecule has 0 aromatic carbocycles. The molecule has 1 aromatic heterocycles. The van der Waals surface area contributed by atoms with E-state index in [1.165, 1.54) is 11.3 Å². The molecule has 1 saturated carbocycles. The van der Waals surface area contributed by atoms with Crippen molar-refractivity contribution in [1.29, 1.82) is 0 Å². The van der Waals surface area contributed by atoms with Crippen molar-refractivity contribution >= 4 is 23.2 Å². The highest BCUT2D eigenvalue weighted by Crippen LogP contribution is 2.24. The minimum atomic E-state index is -0.311. The summed E-state index contributed by atoms with van der Waals surface area (Å²) in [6.45, 7) is 0.544. The Morgan fingerprint density at radius 1 is 1.43 bits per heavy atom. The van der Waals surface area contributed by atoms with Gasteiger partial charge in [-0.2, -0.15) is 11.3 Å². The summed E-state index contributed by atoms with van der Waals surface area (Å²) in [5, 5.41) is 16.1. The van der Waals surface area contributed by atoms with E-state index < -0.39 is 0 Å². The van der Waals surface area contributed by atoms with Crippen LogP contribution in [0.25, 0.3) is 0 Å². The second-order valence-electron chi connectivity index (χ2n) is 5.58. The van der Waals surface area contributed by atoms with E-state index in [-0.39, 0.29) is 30.4 Å². The molecule has 0 aliphatic heterocycles. The summed E-state index contributed by atoms with van der Waals surface area (Å²) in [5.41, 5.74) is 0.582. The Morgan fingerprint density at radius 3 is 2.86 bits per heavy atom. The van der Waals surface area contributed by atoms with Crippen molar-refractivity contribution in [3.05, 3.63) is 22.4 Å². The number of amides is 2. The summed E-state index contributed by atoms with van der Waals surface area (Å²) in [5.74, 6) is -0.202. The Bertz CT molecular complexity index is 475. The Kier molecular flexibility index (Phi) is 5.76. The molecule has 1 aliphatic carbocycles. The molecule has 1 aliphatic rings. The zero-order chi connectivity index (χ0) is 15.2. The van der Waals surface area contributed by atoms with Gasteiger partial charge in [-0.25, -0.2) is 0 Å². The Morgan fingerprint density at radius 2 is 2.19 bits per heavy atom. The summed E-state index contributed by atoms with van der Waals surface area (Å²) >= 11 is 1.45. The van der Waals surface area contributed by atoms with Gasteiger partial charge in [-0.3, -0.25) is 9.59 Å². The molecule has 0 radical (unpaired) electrons. The highest BCUT2D eigenvalue weighted by molar-refractivity contribution is 7.08. The van der Waals surface area contributed by atoms with Crippen LogP contribution in [0.15, 0.2) is 16.8 Å². The van der Waals surface area contributed by atoms with E-state index in [0.717, 1.165) is 25.7 Å². The van der Waals surface area contributed by atoms with Gasteiger partial charge in [-0.15, -0.1) is 0 Å². The number of hydrogen-bond donors (Lipinski definition) is 2. The summed E-state index contributed by atoms with van der Waals surface area (Å²) < 4.78 is 0. The number of aliphatic hydroxyl groups is 1. The van der Waals surface area contributed by atoms with Crippen LogP contribution in [0.2, 0.25) is 0 Å². The molecule has 1 aromatic rings. The average molecular weight is 310 g/mol. The molecule has 2 atom stereocenters. The molecule has 2 N–H and O–H groups in total. The lowest BCUT2D eigenvalue weighted by Gasteiger charge is -2.31. The number of likely N-dealkylation sites (N-methyl/N-ethyl adjacent to an activating group) is 1. The summed E-state index contributed by atoms with van der Waals surface area (Å²) in [7, 11) is 1.72. The molecule has 1 heterocycles. The third-order valence-corrected chi connectivity index (χ3v) is 4.67. The fourth-order valence-electron chi connectivity index (χ4n) is 2.64. The lowest BCUT2D eigenvalue weighted by Crippen LogP contribution is -2.42. The van der Waals surface area contributed by atoms with Crippen LogP contribution in [0.4, 0.5) is 0 Å². The normalized spacial score (nSPS) is 21.8. The second-order valence-corrected chi connectivity index (χ2v) is 6.36. The molecule has 0 bridgehead atoms. The molecule has 21 heavy (non-hydrogen) atoms. The molecule has 0 spiro atoms. The molecule has 2 amide bonds. The van der Waals surface area contributed by atoms with Gasteiger partial charge in [0, 0.05) is 30.5 Å². The lowest BCUT2D eigenvalue weighted by atomic mass is 9.86. The molecule has 2 rings (SSSR count). The number of carbonyl (C=O) groups is 2. The predicted molar refractivity (Wildman–Crippen MR) is 82.3 cm³/mol. The third-order valence-electron chi connectivity index (χ3n) is 3.99. The highest BCUT2D eigenvalue weighted by atomic mass is 32.1. The summed E-state index contributed by atoms with van der Waals surface area (Å²) in [4.78, 5) is 25.4. The van der Waals surface area contributed by atoms with Gasteiger partial charge in [0.25, 0.3) is 5.91 Å². The maximum absolute atomic E-state index is 12.0. The van der Waals surface area contributed by atoms with Crippen LogP contribution in [-0.4, -0.2) is 48.1 Å². The molecule has 0 saturated heterocycles. The van der Waals surface area contributed by atoms with Gasteiger partial charge in [0.2, 0.25) is 5.91 Å². The first-order valence-electron chi connectivity index (χ1n) is 7.30. The average Bonchev–Trinajstić information content (AvgIpc) is 3.01. The number of carbonyl (C=O) groups excluding carboxylic acids is 2. The minimum absolute atomic E-state index is 0.00596. The van der Waals surface area contributed by atoms with Crippen LogP contribution in [0.1, 0.15) is 36.0 Å². The van der Waals surface area contributed by atoms with Gasteiger partial charge in [-0.1, -0.05) is 12.8 Å². The van der Waals surface area contributed by atoms with Gasteiger partial charge in [0.1, 0.15) is 0 Å². The van der Waals surface area contributed by atoms with Crippen LogP contribution < -0.4 is 5.32 Å². The lowest BCUT2D eigenvalue weighted by molar-refractivity contribution is -0.130. The first kappa shape index (κ1) is 16.0. The Hall–Kier alpha value is -1.40. The topological polar surface area (TPSA) is 69.6 Å². The van der Waals surface area contributed by atoms with Gasteiger partial charge < -0.3 is 15.3 Å². The largest absolute Gasteiger partial charge is 0.393 e. The highest BCUT2D eigenvalue weighted by Gasteiger charge is 2.25. The van der Waals surface area contributed by atoms with E-state index in [0.29, 0.717) is 12.1 Å². The first-order valence-corrected chi connectivity index (χ1v) is 8.24. The van der Waals surface area contributed by atoms with Crippen molar-refractivity contribution in [2.75, 3.05) is 20.1 Å². The van der Waals surface area contributed by atoms with E-state index >= 15 is 0 Å². The molecule has 2 unspecified atom stereocenters. The molecular formula is C15H22N2O3S. The zero-order valence-electron chi connectivity index (χ0n) is 12.2. The van der Waals surface area contributed by atoms with Crippen LogP contribution >= 0.6 is 11.3 Å². The quantitative estimate of drug-likeness (QED) is 0.865. The van der Waals surface area contributed by atoms with Gasteiger partial charge in [0.05, 0.1) is 12.6 Å². The van der Waals surface area contributed by atoms with E-state index in [4.69, 9.17) is 0 Å². The number of thiophene rings is 1. The summed E-state index contributed by atoms with van der Waals surface area (Å²) in [6, 6.07) is 1.73. The Labute approximate surface area is 129 Å². The van der Waals surface area contributed by atoms with Crippen molar-refractivity contribution in [2.24, 2.45) is 5.92 Å². The zero-order valence-corrected chi connectivity index (χ0v) is 13.1. The van der Waals surface area contributed by atoms with Crippen molar-refractivity contribution in [1.82, 2.24) is 10.2 Å². The van der Waals surface area contributed by atoms with Crippen LogP contribution in [-0.2, 0) is 4.79 Å². The minimum Gasteiger partial charge on any atom is -0.393 e. The number of rotatable bonds is 5. The van der Waals surface area contributed by atoms with E-state index in [9.17, 15) is 14.7 Å². The van der Waals surface area contributed by atoms with Crippen LogP contribution in [0, 0.1) is 5.92 Å². The van der Waals surface area contributed by atoms with Crippen molar-refractivity contribution in [2.45, 2.75) is 31.8 Å². The predicted octanol–water partition coefficient (Wildman–Crippen LogP) is 1.49. The van der Waals surface area contributed by atoms with Crippen molar-refractivity contribution < 1.29 is 14.7 Å². The van der Waals surface area contributed by atoms with E-state index in [1.807, 2.05) is 5.38 Å². The molecular weight excluding hydrogens is 288 g/mol. The number of nitrogens with one attached hydrogen (secondary N) is 1. The van der Waals surface area contributed by atoms with Crippen LogP contribution in [0.5, 0.6) is 0 Å². The SMILES string of the molecule is CN(CC1CCCCC1O)C(=O)CNC(=O)c1ccsc1. The molecule has 1 fully saturated rings. The maximum Gasteiger partial charge on any atom is 0.252 e. The van der Waals surface area contributed by atoms with Crippen molar-refractivity contribution in [3.8, 4) is 0 Å². The molecule has 6 heteroatoms. The fourth-order valence-corrected chi connectivity index (χ4v) is 3.28. The summed E-state index contributed by atoms with van der Waals surface area (Å²) in [6.07, 6.45) is 3.64. The standard InChI is InChI=1S/C15H22N2O3S/c1-17(9-11-4-2-3-5-13(11)18)14(19)8-16-15(20)12-6-7-21-10-12/h6-7,10-11,13,18H,2-5,8-9H2,1H3,(H,16,20). The number of nitrogens with zero attached hydrogens (tertiary/aromatic N) is 1. The van der Waals surface area contributed by atoms with E-state index in [2.05, 4.69) is 5.32 Å². The van der Waals surface area contributed by atoms with Gasteiger partial charge in [-0.05, 0) is 24.3 Å². The van der Waals surface area contributed by atoms with Gasteiger partial charge in [0.15, 0.2) is 0 Å². The third kappa shape index (κ3) is 4.54. The first-order chi connectivity index (χ1) is 10.1. The monoisotopic (exact) mass is 310 g/mol. The van der Waals surface area contributed by atoms with Crippen molar-refractivity contribution in [3.63, 3.8) is 0 Å². The fraction of sp³-hybridized carbons (Fsp3) is 0.600. The number of hydrogen-bond acceptors (Lipinski definition) is 4. The smallest absolute Gasteiger partial charge is 0.252 e. The Balaban J connectivity index is 1.76.